The molecule has 0 amide bonds. The Bertz CT molecular complexity index is 934. The van der Waals surface area contributed by atoms with Crippen LogP contribution in [0.4, 0.5) is 0 Å². The lowest BCUT2D eigenvalue weighted by atomic mass is 10.1. The number of hydrogen-bond donors (Lipinski definition) is 0. The summed E-state index contributed by atoms with van der Waals surface area (Å²) >= 11 is 0. The third-order valence-corrected chi connectivity index (χ3v) is 5.67. The van der Waals surface area contributed by atoms with Gasteiger partial charge >= 0.3 is 0 Å². The molecule has 9 heteroatoms. The van der Waals surface area contributed by atoms with Gasteiger partial charge in [0.25, 0.3) is 5.56 Å². The number of sulfonamides is 1. The summed E-state index contributed by atoms with van der Waals surface area (Å²) in [5.41, 5.74) is 1.35. The van der Waals surface area contributed by atoms with Crippen molar-refractivity contribution in [1.82, 2.24) is 19.0 Å². The van der Waals surface area contributed by atoms with E-state index in [-0.39, 0.29) is 5.56 Å². The number of ether oxygens (including phenoxy) is 1. The van der Waals surface area contributed by atoms with E-state index in [9.17, 15) is 13.2 Å². The summed E-state index contributed by atoms with van der Waals surface area (Å²) in [6, 6.07) is 10.7. The summed E-state index contributed by atoms with van der Waals surface area (Å²) in [4.78, 5) is 14.2. The number of nitrogens with zero attached hydrogens (tertiary/aromatic N) is 4. The molecule has 0 spiro atoms. The van der Waals surface area contributed by atoms with Crippen LogP contribution < -0.4 is 10.3 Å². The number of rotatable bonds is 5. The van der Waals surface area contributed by atoms with E-state index in [1.165, 1.54) is 21.3 Å². The van der Waals surface area contributed by atoms with Crippen LogP contribution in [-0.2, 0) is 16.7 Å². The van der Waals surface area contributed by atoms with Gasteiger partial charge in [0.2, 0.25) is 10.0 Å². The number of aromatic nitrogens is 2. The minimum atomic E-state index is -3.17. The highest BCUT2D eigenvalue weighted by Gasteiger charge is 2.23. The van der Waals surface area contributed by atoms with Crippen molar-refractivity contribution < 1.29 is 13.2 Å². The second-order valence-corrected chi connectivity index (χ2v) is 8.19. The predicted octanol–water partition coefficient (Wildman–Crippen LogP) is 0.454. The van der Waals surface area contributed by atoms with Gasteiger partial charge in [-0.05, 0) is 18.2 Å². The maximum Gasteiger partial charge on any atom is 0.268 e. The highest BCUT2D eigenvalue weighted by atomic mass is 32.2. The molecule has 1 aromatic heterocycles. The van der Waals surface area contributed by atoms with Gasteiger partial charge in [0, 0.05) is 37.8 Å². The Morgan fingerprint density at radius 2 is 1.85 bits per heavy atom. The van der Waals surface area contributed by atoms with Crippen molar-refractivity contribution in [2.45, 2.75) is 6.67 Å². The van der Waals surface area contributed by atoms with Crippen LogP contribution in [0.2, 0.25) is 0 Å². The zero-order valence-corrected chi connectivity index (χ0v) is 15.6. The van der Waals surface area contributed by atoms with Gasteiger partial charge in [-0.15, -0.1) is 0 Å². The van der Waals surface area contributed by atoms with E-state index < -0.39 is 10.0 Å². The molecule has 2 heterocycles. The fourth-order valence-corrected chi connectivity index (χ4v) is 3.71. The first-order valence-corrected chi connectivity index (χ1v) is 10.1. The lowest BCUT2D eigenvalue weighted by Crippen LogP contribution is -2.49. The molecule has 1 saturated heterocycles. The fourth-order valence-electron chi connectivity index (χ4n) is 2.88. The van der Waals surface area contributed by atoms with Gasteiger partial charge in [0.15, 0.2) is 0 Å². The first-order valence-electron chi connectivity index (χ1n) is 8.27. The summed E-state index contributed by atoms with van der Waals surface area (Å²) in [6.45, 7) is 2.29. The maximum atomic E-state index is 12.2. The lowest BCUT2D eigenvalue weighted by molar-refractivity contribution is 0.143. The van der Waals surface area contributed by atoms with Gasteiger partial charge < -0.3 is 4.74 Å². The number of methoxy groups -OCH3 is 1. The van der Waals surface area contributed by atoms with Gasteiger partial charge in [-0.25, -0.2) is 13.1 Å². The first kappa shape index (κ1) is 18.6. The lowest BCUT2D eigenvalue weighted by Gasteiger charge is -2.33. The van der Waals surface area contributed by atoms with Gasteiger partial charge in [-0.3, -0.25) is 9.69 Å². The molecule has 1 fully saturated rings. The van der Waals surface area contributed by atoms with E-state index in [1.54, 1.807) is 13.2 Å². The van der Waals surface area contributed by atoms with Crippen LogP contribution in [0.3, 0.4) is 0 Å². The largest absolute Gasteiger partial charge is 0.497 e. The van der Waals surface area contributed by atoms with E-state index in [1.807, 2.05) is 29.2 Å². The molecule has 0 N–H and O–H groups in total. The van der Waals surface area contributed by atoms with Gasteiger partial charge in [0.05, 0.1) is 25.7 Å². The van der Waals surface area contributed by atoms with Crippen molar-refractivity contribution in [1.29, 1.82) is 0 Å². The normalized spacial score (nSPS) is 16.5. The fraction of sp³-hybridized carbons (Fsp3) is 0.412. The Morgan fingerprint density at radius 1 is 1.12 bits per heavy atom. The van der Waals surface area contributed by atoms with E-state index in [4.69, 9.17) is 4.74 Å². The highest BCUT2D eigenvalue weighted by molar-refractivity contribution is 7.88. The molecule has 140 valence electrons. The molecule has 0 unspecified atom stereocenters. The Balaban J connectivity index is 1.76. The molecule has 1 aliphatic heterocycles. The zero-order chi connectivity index (χ0) is 18.7. The van der Waals surface area contributed by atoms with Crippen molar-refractivity contribution in [2.75, 3.05) is 39.5 Å². The second-order valence-electron chi connectivity index (χ2n) is 6.21. The average Bonchev–Trinajstić information content (AvgIpc) is 2.63. The Kier molecular flexibility index (Phi) is 5.40. The van der Waals surface area contributed by atoms with Gasteiger partial charge in [-0.1, -0.05) is 12.1 Å². The van der Waals surface area contributed by atoms with Crippen LogP contribution in [0.25, 0.3) is 11.3 Å². The average molecular weight is 378 g/mol. The minimum Gasteiger partial charge on any atom is -0.497 e. The standard InChI is InChI=1S/C17H22N4O4S/c1-25-15-5-3-4-14(12-15)16-6-7-17(22)21(18-16)13-19-8-10-20(11-9-19)26(2,23)24/h3-7,12H,8-11,13H2,1-2H3. The number of hydrogen-bond acceptors (Lipinski definition) is 6. The van der Waals surface area contributed by atoms with Crippen molar-refractivity contribution in [2.24, 2.45) is 0 Å². The molecule has 8 nitrogen and oxygen atoms in total. The molecular weight excluding hydrogens is 356 g/mol. The summed E-state index contributed by atoms with van der Waals surface area (Å²) in [7, 11) is -1.57. The Hall–Kier alpha value is -2.23. The van der Waals surface area contributed by atoms with Crippen LogP contribution in [0.5, 0.6) is 5.75 Å². The summed E-state index contributed by atoms with van der Waals surface area (Å²) in [5, 5.41) is 4.45. The van der Waals surface area contributed by atoms with Crippen molar-refractivity contribution in [3.05, 3.63) is 46.8 Å². The molecule has 0 atom stereocenters. The van der Waals surface area contributed by atoms with E-state index in [2.05, 4.69) is 5.10 Å². The Morgan fingerprint density at radius 3 is 2.50 bits per heavy atom. The number of benzene rings is 1. The zero-order valence-electron chi connectivity index (χ0n) is 14.8. The van der Waals surface area contributed by atoms with Crippen molar-refractivity contribution in [3.63, 3.8) is 0 Å². The second kappa shape index (κ2) is 7.56. The molecule has 1 aromatic carbocycles. The quantitative estimate of drug-likeness (QED) is 0.751. The monoisotopic (exact) mass is 378 g/mol. The minimum absolute atomic E-state index is 0.192. The van der Waals surface area contributed by atoms with Gasteiger partial charge in [0.1, 0.15) is 5.75 Å². The van der Waals surface area contributed by atoms with E-state index >= 15 is 0 Å². The molecular formula is C17H22N4O4S. The molecule has 0 saturated carbocycles. The molecule has 0 radical (unpaired) electrons. The molecule has 0 bridgehead atoms. The van der Waals surface area contributed by atoms with Gasteiger partial charge in [-0.2, -0.15) is 9.40 Å². The topological polar surface area (TPSA) is 84.7 Å². The SMILES string of the molecule is COc1cccc(-c2ccc(=O)n(CN3CCN(S(C)(=O)=O)CC3)n2)c1. The Labute approximate surface area is 152 Å². The molecule has 1 aliphatic rings. The summed E-state index contributed by atoms with van der Waals surface area (Å²) in [6.07, 6.45) is 1.21. The molecule has 0 aliphatic carbocycles. The maximum absolute atomic E-state index is 12.2. The highest BCUT2D eigenvalue weighted by Crippen LogP contribution is 2.21. The summed E-state index contributed by atoms with van der Waals surface area (Å²) in [5.74, 6) is 0.721. The molecule has 26 heavy (non-hydrogen) atoms. The van der Waals surface area contributed by atoms with Crippen LogP contribution in [0.15, 0.2) is 41.2 Å². The molecule has 3 rings (SSSR count). The van der Waals surface area contributed by atoms with E-state index in [0.717, 1.165) is 11.3 Å². The van der Waals surface area contributed by atoms with Crippen molar-refractivity contribution >= 4 is 10.0 Å². The molecule has 2 aromatic rings. The van der Waals surface area contributed by atoms with Crippen molar-refractivity contribution in [3.8, 4) is 17.0 Å². The van der Waals surface area contributed by atoms with Crippen LogP contribution in [0, 0.1) is 0 Å². The summed E-state index contributed by atoms with van der Waals surface area (Å²) < 4.78 is 31.3. The van der Waals surface area contributed by atoms with E-state index in [0.29, 0.717) is 38.5 Å². The number of piperazine rings is 1. The first-order chi connectivity index (χ1) is 12.4. The van der Waals surface area contributed by atoms with Crippen LogP contribution in [-0.4, -0.2) is 66.9 Å². The smallest absolute Gasteiger partial charge is 0.268 e. The predicted molar refractivity (Wildman–Crippen MR) is 98.5 cm³/mol. The van der Waals surface area contributed by atoms with Crippen LogP contribution in [0.1, 0.15) is 0 Å². The third kappa shape index (κ3) is 4.29. The third-order valence-electron chi connectivity index (χ3n) is 4.37. The van der Waals surface area contributed by atoms with Crippen LogP contribution >= 0.6 is 0 Å².